The second-order valence-electron chi connectivity index (χ2n) is 6.40. The number of hydrogen-bond donors (Lipinski definition) is 2. The molecule has 0 aliphatic heterocycles. The lowest BCUT2D eigenvalue weighted by Gasteiger charge is -2.09. The molecule has 2 amide bonds. The van der Waals surface area contributed by atoms with Crippen molar-refractivity contribution in [2.45, 2.75) is 19.9 Å². The van der Waals surface area contributed by atoms with Gasteiger partial charge >= 0.3 is 0 Å². The molecule has 0 unspecified atom stereocenters. The summed E-state index contributed by atoms with van der Waals surface area (Å²) in [6.07, 6.45) is 0.348. The summed E-state index contributed by atoms with van der Waals surface area (Å²) in [5, 5.41) is 5.78. The normalized spacial score (nSPS) is 10.3. The molecular formula is C23H22N2O2. The van der Waals surface area contributed by atoms with Gasteiger partial charge in [0.15, 0.2) is 0 Å². The Kier molecular flexibility index (Phi) is 6.00. The van der Waals surface area contributed by atoms with Crippen LogP contribution in [0.4, 0.5) is 5.69 Å². The highest BCUT2D eigenvalue weighted by Crippen LogP contribution is 2.11. The van der Waals surface area contributed by atoms with Crippen molar-refractivity contribution in [2.24, 2.45) is 0 Å². The van der Waals surface area contributed by atoms with Crippen molar-refractivity contribution in [2.75, 3.05) is 5.32 Å². The first kappa shape index (κ1) is 18.4. The van der Waals surface area contributed by atoms with E-state index in [0.717, 1.165) is 22.4 Å². The minimum Gasteiger partial charge on any atom is -0.352 e. The van der Waals surface area contributed by atoms with Crippen LogP contribution in [0.15, 0.2) is 78.9 Å². The zero-order chi connectivity index (χ0) is 19.1. The minimum absolute atomic E-state index is 0.0385. The van der Waals surface area contributed by atoms with Gasteiger partial charge < -0.3 is 10.6 Å². The molecule has 0 atom stereocenters. The van der Waals surface area contributed by atoms with Gasteiger partial charge in [-0.25, -0.2) is 0 Å². The van der Waals surface area contributed by atoms with Crippen molar-refractivity contribution in [3.63, 3.8) is 0 Å². The summed E-state index contributed by atoms with van der Waals surface area (Å²) in [5.74, 6) is -0.210. The van der Waals surface area contributed by atoms with Crippen LogP contribution in [0.5, 0.6) is 0 Å². The number of aryl methyl sites for hydroxylation is 1. The van der Waals surface area contributed by atoms with E-state index in [-0.39, 0.29) is 11.8 Å². The molecule has 0 saturated carbocycles. The van der Waals surface area contributed by atoms with Crippen LogP contribution in [0.3, 0.4) is 0 Å². The number of hydrogen-bond acceptors (Lipinski definition) is 2. The van der Waals surface area contributed by atoms with Gasteiger partial charge in [-0.3, -0.25) is 9.59 Å². The smallest absolute Gasteiger partial charge is 0.255 e. The van der Waals surface area contributed by atoms with Crippen molar-refractivity contribution in [3.05, 3.63) is 101 Å². The van der Waals surface area contributed by atoms with E-state index in [1.54, 1.807) is 12.1 Å². The zero-order valence-corrected chi connectivity index (χ0v) is 15.2. The second kappa shape index (κ2) is 8.81. The largest absolute Gasteiger partial charge is 0.352 e. The predicted octanol–water partition coefficient (Wildman–Crippen LogP) is 4.11. The highest BCUT2D eigenvalue weighted by Gasteiger charge is 2.08. The minimum atomic E-state index is -0.172. The van der Waals surface area contributed by atoms with Crippen LogP contribution in [0.1, 0.15) is 27.0 Å². The standard InChI is InChI=1S/C23H22N2O2/c1-17-8-5-6-10-19(17)15-22(26)24-16-18-9-7-11-20(14-18)23(27)25-21-12-3-2-4-13-21/h2-14H,15-16H2,1H3,(H,24,26)(H,25,27). The Morgan fingerprint density at radius 2 is 1.59 bits per heavy atom. The quantitative estimate of drug-likeness (QED) is 0.697. The Balaban J connectivity index is 1.58. The number of para-hydroxylation sites is 1. The SMILES string of the molecule is Cc1ccccc1CC(=O)NCc1cccc(C(=O)Nc2ccccc2)c1. The van der Waals surface area contributed by atoms with Gasteiger partial charge in [-0.1, -0.05) is 54.6 Å². The topological polar surface area (TPSA) is 58.2 Å². The number of carbonyl (C=O) groups excluding carboxylic acids is 2. The first-order chi connectivity index (χ1) is 13.1. The van der Waals surface area contributed by atoms with Crippen LogP contribution in [-0.2, 0) is 17.8 Å². The third-order valence-electron chi connectivity index (χ3n) is 4.32. The fraction of sp³-hybridized carbons (Fsp3) is 0.130. The van der Waals surface area contributed by atoms with Gasteiger partial charge in [-0.05, 0) is 47.9 Å². The molecule has 27 heavy (non-hydrogen) atoms. The summed E-state index contributed by atoms with van der Waals surface area (Å²) < 4.78 is 0. The molecule has 3 rings (SSSR count). The third-order valence-corrected chi connectivity index (χ3v) is 4.32. The number of rotatable bonds is 6. The van der Waals surface area contributed by atoms with Crippen LogP contribution >= 0.6 is 0 Å². The average Bonchev–Trinajstić information content (AvgIpc) is 2.69. The van der Waals surface area contributed by atoms with Crippen LogP contribution in [0.2, 0.25) is 0 Å². The molecule has 0 bridgehead atoms. The van der Waals surface area contributed by atoms with Crippen molar-refractivity contribution < 1.29 is 9.59 Å². The Morgan fingerprint density at radius 3 is 2.37 bits per heavy atom. The predicted molar refractivity (Wildman–Crippen MR) is 108 cm³/mol. The molecule has 4 nitrogen and oxygen atoms in total. The Bertz CT molecular complexity index is 936. The van der Waals surface area contributed by atoms with E-state index >= 15 is 0 Å². The molecule has 2 N–H and O–H groups in total. The monoisotopic (exact) mass is 358 g/mol. The average molecular weight is 358 g/mol. The maximum absolute atomic E-state index is 12.4. The molecule has 0 aliphatic rings. The molecule has 3 aromatic rings. The molecule has 4 heteroatoms. The number of anilines is 1. The van der Waals surface area contributed by atoms with Crippen LogP contribution < -0.4 is 10.6 Å². The highest BCUT2D eigenvalue weighted by molar-refractivity contribution is 6.04. The van der Waals surface area contributed by atoms with E-state index in [2.05, 4.69) is 10.6 Å². The fourth-order valence-corrected chi connectivity index (χ4v) is 2.79. The summed E-state index contributed by atoms with van der Waals surface area (Å²) in [7, 11) is 0. The summed E-state index contributed by atoms with van der Waals surface area (Å²) in [4.78, 5) is 24.6. The first-order valence-corrected chi connectivity index (χ1v) is 8.88. The summed E-state index contributed by atoms with van der Waals surface area (Å²) in [6.45, 7) is 2.38. The Hall–Kier alpha value is -3.40. The molecule has 3 aromatic carbocycles. The molecule has 0 aromatic heterocycles. The van der Waals surface area contributed by atoms with E-state index in [9.17, 15) is 9.59 Å². The van der Waals surface area contributed by atoms with Gasteiger partial charge in [-0.2, -0.15) is 0 Å². The van der Waals surface area contributed by atoms with Crippen molar-refractivity contribution in [1.29, 1.82) is 0 Å². The number of carbonyl (C=O) groups is 2. The number of amides is 2. The van der Waals surface area contributed by atoms with Crippen LogP contribution in [0, 0.1) is 6.92 Å². The van der Waals surface area contributed by atoms with Crippen molar-refractivity contribution >= 4 is 17.5 Å². The van der Waals surface area contributed by atoms with E-state index in [1.807, 2.05) is 73.7 Å². The second-order valence-corrected chi connectivity index (χ2v) is 6.40. The van der Waals surface area contributed by atoms with Crippen molar-refractivity contribution in [1.82, 2.24) is 5.32 Å². The third kappa shape index (κ3) is 5.28. The van der Waals surface area contributed by atoms with E-state index in [1.165, 1.54) is 0 Å². The van der Waals surface area contributed by atoms with Gasteiger partial charge in [-0.15, -0.1) is 0 Å². The zero-order valence-electron chi connectivity index (χ0n) is 15.2. The number of nitrogens with one attached hydrogen (secondary N) is 2. The van der Waals surface area contributed by atoms with Gasteiger partial charge in [0.2, 0.25) is 5.91 Å². The van der Waals surface area contributed by atoms with Crippen LogP contribution in [0.25, 0.3) is 0 Å². The summed E-state index contributed by atoms with van der Waals surface area (Å²) >= 11 is 0. The van der Waals surface area contributed by atoms with E-state index < -0.39 is 0 Å². The van der Waals surface area contributed by atoms with Crippen molar-refractivity contribution in [3.8, 4) is 0 Å². The molecule has 0 radical (unpaired) electrons. The van der Waals surface area contributed by atoms with Gasteiger partial charge in [0, 0.05) is 17.8 Å². The molecular weight excluding hydrogens is 336 g/mol. The highest BCUT2D eigenvalue weighted by atomic mass is 16.2. The maximum Gasteiger partial charge on any atom is 0.255 e. The van der Waals surface area contributed by atoms with E-state index in [4.69, 9.17) is 0 Å². The molecule has 136 valence electrons. The van der Waals surface area contributed by atoms with Gasteiger partial charge in [0.25, 0.3) is 5.91 Å². The molecule has 0 spiro atoms. The fourth-order valence-electron chi connectivity index (χ4n) is 2.79. The lowest BCUT2D eigenvalue weighted by molar-refractivity contribution is -0.120. The Labute approximate surface area is 159 Å². The lowest BCUT2D eigenvalue weighted by Crippen LogP contribution is -2.25. The summed E-state index contributed by atoms with van der Waals surface area (Å²) in [5.41, 5.74) is 4.32. The van der Waals surface area contributed by atoms with Gasteiger partial charge in [0.1, 0.15) is 0 Å². The van der Waals surface area contributed by atoms with E-state index in [0.29, 0.717) is 18.5 Å². The molecule has 0 aliphatic carbocycles. The lowest BCUT2D eigenvalue weighted by atomic mass is 10.1. The number of benzene rings is 3. The summed E-state index contributed by atoms with van der Waals surface area (Å²) in [6, 6.07) is 24.5. The van der Waals surface area contributed by atoms with Gasteiger partial charge in [0.05, 0.1) is 6.42 Å². The molecule has 0 saturated heterocycles. The maximum atomic E-state index is 12.4. The van der Waals surface area contributed by atoms with Crippen LogP contribution in [-0.4, -0.2) is 11.8 Å². The Morgan fingerprint density at radius 1 is 0.852 bits per heavy atom. The molecule has 0 heterocycles. The first-order valence-electron chi connectivity index (χ1n) is 8.88. The molecule has 0 fully saturated rings.